The monoisotopic (exact) mass is 450 g/mol. The van der Waals surface area contributed by atoms with Crippen molar-refractivity contribution in [2.24, 2.45) is 5.92 Å². The largest absolute Gasteiger partial charge is 0.481 e. The van der Waals surface area contributed by atoms with Crippen LogP contribution in [0.5, 0.6) is 0 Å². The van der Waals surface area contributed by atoms with E-state index in [4.69, 9.17) is 14.4 Å². The molecule has 0 aromatic heterocycles. The molecule has 0 fully saturated rings. The van der Waals surface area contributed by atoms with Crippen LogP contribution in [0.4, 0.5) is 0 Å². The van der Waals surface area contributed by atoms with E-state index in [0.717, 1.165) is 25.2 Å². The number of carbonyl (C=O) groups is 2. The topological polar surface area (TPSA) is 118 Å². The van der Waals surface area contributed by atoms with Gasteiger partial charge >= 0.3 is 11.9 Å². The molecule has 0 aliphatic carbocycles. The molecule has 1 unspecified atom stereocenters. The van der Waals surface area contributed by atoms with Crippen molar-refractivity contribution in [3.05, 3.63) is 0 Å². The third kappa shape index (κ3) is 17.7. The maximum absolute atomic E-state index is 11.7. The molecule has 0 amide bonds. The number of aliphatic carboxylic acids is 1. The van der Waals surface area contributed by atoms with E-state index in [-0.39, 0.29) is 6.61 Å². The molecule has 2 N–H and O–H groups in total. The second-order valence-corrected chi connectivity index (χ2v) is 10.1. The SMILES string of the molecule is CC(C)CCCCCCCCCCCCCCCOC(=O)C(CC(=O)O)S(=O)(=O)O. The lowest BCUT2D eigenvalue weighted by Gasteiger charge is -2.11. The van der Waals surface area contributed by atoms with E-state index in [1.165, 1.54) is 64.2 Å². The van der Waals surface area contributed by atoms with E-state index >= 15 is 0 Å². The van der Waals surface area contributed by atoms with Crippen molar-refractivity contribution < 1.29 is 32.4 Å². The summed E-state index contributed by atoms with van der Waals surface area (Å²) < 4.78 is 35.9. The second-order valence-electron chi connectivity index (χ2n) is 8.55. The number of ether oxygens (including phenoxy) is 1. The molecule has 0 spiro atoms. The normalized spacial score (nSPS) is 12.8. The van der Waals surface area contributed by atoms with Crippen LogP contribution in [-0.4, -0.2) is 41.9 Å². The van der Waals surface area contributed by atoms with Gasteiger partial charge in [-0.05, 0) is 12.3 Å². The number of carbonyl (C=O) groups excluding carboxylic acids is 1. The van der Waals surface area contributed by atoms with Crippen LogP contribution in [0.1, 0.15) is 110 Å². The number of hydrogen-bond acceptors (Lipinski definition) is 5. The number of rotatable bonds is 20. The van der Waals surface area contributed by atoms with Crippen molar-refractivity contribution >= 4 is 22.1 Å². The minimum atomic E-state index is -4.79. The summed E-state index contributed by atoms with van der Waals surface area (Å²) >= 11 is 0. The Labute approximate surface area is 182 Å². The van der Waals surface area contributed by atoms with E-state index < -0.39 is 33.7 Å². The van der Waals surface area contributed by atoms with Crippen LogP contribution >= 0.6 is 0 Å². The third-order valence-corrected chi connectivity index (χ3v) is 6.23. The molecule has 1 atom stereocenters. The average molecular weight is 451 g/mol. The lowest BCUT2D eigenvalue weighted by atomic mass is 10.0. The Balaban J connectivity index is 3.51. The molecule has 30 heavy (non-hydrogen) atoms. The van der Waals surface area contributed by atoms with Crippen LogP contribution < -0.4 is 0 Å². The van der Waals surface area contributed by atoms with Crippen molar-refractivity contribution in [1.82, 2.24) is 0 Å². The first-order valence-electron chi connectivity index (χ1n) is 11.5. The van der Waals surface area contributed by atoms with Crippen molar-refractivity contribution in [1.29, 1.82) is 0 Å². The van der Waals surface area contributed by atoms with E-state index in [1.807, 2.05) is 0 Å². The summed E-state index contributed by atoms with van der Waals surface area (Å²) in [5, 5.41) is 6.57. The van der Waals surface area contributed by atoms with Gasteiger partial charge in [-0.1, -0.05) is 97.3 Å². The Morgan fingerprint density at radius 3 is 1.53 bits per heavy atom. The summed E-state index contributed by atoms with van der Waals surface area (Å²) in [6.07, 6.45) is 15.7. The van der Waals surface area contributed by atoms with E-state index in [0.29, 0.717) is 6.42 Å². The highest BCUT2D eigenvalue weighted by Gasteiger charge is 2.34. The van der Waals surface area contributed by atoms with Gasteiger partial charge in [-0.15, -0.1) is 0 Å². The predicted molar refractivity (Wildman–Crippen MR) is 118 cm³/mol. The first kappa shape index (κ1) is 28.9. The Bertz CT molecular complexity index is 558. The molecule has 0 bridgehead atoms. The van der Waals surface area contributed by atoms with Gasteiger partial charge in [-0.25, -0.2) is 0 Å². The quantitative estimate of drug-likeness (QED) is 0.145. The number of unbranched alkanes of at least 4 members (excludes halogenated alkanes) is 12. The molecule has 0 saturated carbocycles. The smallest absolute Gasteiger partial charge is 0.327 e. The molecule has 0 aliphatic rings. The fourth-order valence-electron chi connectivity index (χ4n) is 3.33. The summed E-state index contributed by atoms with van der Waals surface area (Å²) in [5.74, 6) is -1.88. The zero-order valence-electron chi connectivity index (χ0n) is 18.8. The highest BCUT2D eigenvalue weighted by molar-refractivity contribution is 7.87. The zero-order chi connectivity index (χ0) is 22.8. The number of esters is 1. The van der Waals surface area contributed by atoms with Gasteiger partial charge < -0.3 is 9.84 Å². The molecule has 0 rings (SSSR count). The number of hydrogen-bond donors (Lipinski definition) is 2. The lowest BCUT2D eigenvalue weighted by Crippen LogP contribution is -2.34. The Hall–Kier alpha value is -1.15. The molecule has 8 heteroatoms. The Morgan fingerprint density at radius 2 is 1.17 bits per heavy atom. The van der Waals surface area contributed by atoms with E-state index in [1.54, 1.807) is 0 Å². The van der Waals surface area contributed by atoms with Crippen molar-refractivity contribution in [2.45, 2.75) is 115 Å². The minimum absolute atomic E-state index is 0.0294. The molecule has 0 aliphatic heterocycles. The lowest BCUT2D eigenvalue weighted by molar-refractivity contribution is -0.147. The fourth-order valence-corrected chi connectivity index (χ4v) is 4.00. The maximum Gasteiger partial charge on any atom is 0.327 e. The van der Waals surface area contributed by atoms with Gasteiger partial charge in [0.2, 0.25) is 0 Å². The molecule has 0 radical (unpaired) electrons. The van der Waals surface area contributed by atoms with Crippen LogP contribution in [0.25, 0.3) is 0 Å². The minimum Gasteiger partial charge on any atom is -0.481 e. The molecule has 0 saturated heterocycles. The van der Waals surface area contributed by atoms with Crippen LogP contribution in [0.2, 0.25) is 0 Å². The van der Waals surface area contributed by atoms with Gasteiger partial charge in [-0.3, -0.25) is 14.1 Å². The van der Waals surface area contributed by atoms with Crippen LogP contribution in [0.15, 0.2) is 0 Å². The first-order valence-corrected chi connectivity index (χ1v) is 13.0. The Morgan fingerprint density at radius 1 is 0.767 bits per heavy atom. The van der Waals surface area contributed by atoms with Gasteiger partial charge in [0.05, 0.1) is 13.0 Å². The number of carboxylic acids is 1. The third-order valence-electron chi connectivity index (χ3n) is 5.15. The van der Waals surface area contributed by atoms with Crippen LogP contribution in [0, 0.1) is 5.92 Å². The molecule has 178 valence electrons. The summed E-state index contributed by atoms with van der Waals surface area (Å²) in [7, 11) is -4.79. The summed E-state index contributed by atoms with van der Waals surface area (Å²) in [6.45, 7) is 4.59. The second kappa shape index (κ2) is 17.5. The summed E-state index contributed by atoms with van der Waals surface area (Å²) in [5.41, 5.74) is 0. The number of carboxylic acid groups (broad SMARTS) is 1. The molecule has 0 heterocycles. The fraction of sp³-hybridized carbons (Fsp3) is 0.909. The van der Waals surface area contributed by atoms with Gasteiger partial charge in [0, 0.05) is 0 Å². The molecule has 0 aromatic rings. The van der Waals surface area contributed by atoms with E-state index in [9.17, 15) is 18.0 Å². The summed E-state index contributed by atoms with van der Waals surface area (Å²) in [4.78, 5) is 22.3. The van der Waals surface area contributed by atoms with Crippen molar-refractivity contribution in [3.8, 4) is 0 Å². The van der Waals surface area contributed by atoms with Gasteiger partial charge in [0.1, 0.15) is 0 Å². The molecule has 7 nitrogen and oxygen atoms in total. The predicted octanol–water partition coefficient (Wildman–Crippen LogP) is 5.38. The highest BCUT2D eigenvalue weighted by Crippen LogP contribution is 2.14. The average Bonchev–Trinajstić information content (AvgIpc) is 2.64. The first-order chi connectivity index (χ1) is 14.1. The highest BCUT2D eigenvalue weighted by atomic mass is 32.2. The van der Waals surface area contributed by atoms with Crippen molar-refractivity contribution in [3.63, 3.8) is 0 Å². The Kier molecular flexibility index (Phi) is 16.9. The van der Waals surface area contributed by atoms with Gasteiger partial charge in [0.15, 0.2) is 5.25 Å². The maximum atomic E-state index is 11.7. The van der Waals surface area contributed by atoms with Crippen LogP contribution in [-0.2, 0) is 24.4 Å². The summed E-state index contributed by atoms with van der Waals surface area (Å²) in [6, 6.07) is 0. The molecular formula is C22H42O7S. The standard InChI is InChI=1S/C22H42O7S/c1-19(2)16-14-12-10-8-6-4-3-5-7-9-11-13-15-17-29-22(25)20(18-21(23)24)30(26,27)28/h19-20H,3-18H2,1-2H3,(H,23,24)(H,26,27,28). The zero-order valence-corrected chi connectivity index (χ0v) is 19.6. The van der Waals surface area contributed by atoms with Crippen LogP contribution in [0.3, 0.4) is 0 Å². The van der Waals surface area contributed by atoms with E-state index in [2.05, 4.69) is 13.8 Å². The molecule has 0 aromatic carbocycles. The van der Waals surface area contributed by atoms with Crippen molar-refractivity contribution in [2.75, 3.05) is 6.61 Å². The molecular weight excluding hydrogens is 408 g/mol. The van der Waals surface area contributed by atoms with Gasteiger partial charge in [-0.2, -0.15) is 8.42 Å². The van der Waals surface area contributed by atoms with Gasteiger partial charge in [0.25, 0.3) is 10.1 Å².